The molecule has 1 aliphatic rings. The summed E-state index contributed by atoms with van der Waals surface area (Å²) in [5.41, 5.74) is 4.64. The Morgan fingerprint density at radius 1 is 1.29 bits per heavy atom. The first-order chi connectivity index (χ1) is 7.76. The monoisotopic (exact) mass is 253 g/mol. The molecule has 1 amide bonds. The molecular formula is C13H18ClN2O+. The van der Waals surface area contributed by atoms with Gasteiger partial charge in [0.25, 0.3) is 5.00 Å². The number of amides is 1. The van der Waals surface area contributed by atoms with Crippen LogP contribution in [0.15, 0.2) is 30.3 Å². The average Bonchev–Trinajstić information content (AvgIpc) is 2.24. The van der Waals surface area contributed by atoms with Crippen LogP contribution < -0.4 is 5.73 Å². The number of quaternary nitrogens is 1. The SMILES string of the molecule is CC(C)(C)N1C(=O)[C@@]([NH3+])(Cl)[C@@H]1c1ccccc1. The number of nitrogens with zero attached hydrogens (tertiary/aromatic N) is 1. The third-order valence-electron chi connectivity index (χ3n) is 3.10. The number of hydrogen-bond acceptors (Lipinski definition) is 1. The molecule has 0 bridgehead atoms. The number of hydrogen-bond donors (Lipinski definition) is 1. The van der Waals surface area contributed by atoms with Crippen molar-refractivity contribution in [2.75, 3.05) is 0 Å². The lowest BCUT2D eigenvalue weighted by Crippen LogP contribution is -2.88. The minimum atomic E-state index is -1.06. The van der Waals surface area contributed by atoms with Gasteiger partial charge in [-0.1, -0.05) is 30.3 Å². The molecule has 3 N–H and O–H groups in total. The van der Waals surface area contributed by atoms with Crippen molar-refractivity contribution in [3.63, 3.8) is 0 Å². The summed E-state index contributed by atoms with van der Waals surface area (Å²) in [4.78, 5) is 12.8. The van der Waals surface area contributed by atoms with Gasteiger partial charge < -0.3 is 10.6 Å². The number of likely N-dealkylation sites (tertiary alicyclic amines) is 1. The van der Waals surface area contributed by atoms with Gasteiger partial charge in [0.1, 0.15) is 6.04 Å². The summed E-state index contributed by atoms with van der Waals surface area (Å²) in [5.74, 6) is -0.0967. The summed E-state index contributed by atoms with van der Waals surface area (Å²) in [6, 6.07) is 9.66. The minimum Gasteiger partial charge on any atom is -0.330 e. The molecule has 0 aromatic heterocycles. The Morgan fingerprint density at radius 2 is 1.82 bits per heavy atom. The molecule has 0 spiro atoms. The summed E-state index contributed by atoms with van der Waals surface area (Å²) >= 11 is 6.25. The topological polar surface area (TPSA) is 48.0 Å². The molecule has 92 valence electrons. The standard InChI is InChI=1S/C13H17ClN2O/c1-12(2,3)16-10(13(14,15)11(16)17)9-7-5-4-6-8-9/h4-8,10H,15H2,1-3H3/p+1/t10-,13+/m0/s1. The Bertz CT molecular complexity index is 436. The summed E-state index contributed by atoms with van der Waals surface area (Å²) in [6.45, 7) is 6.02. The molecule has 2 atom stereocenters. The highest BCUT2D eigenvalue weighted by Gasteiger charge is 2.64. The Labute approximate surface area is 107 Å². The molecule has 1 saturated heterocycles. The van der Waals surface area contributed by atoms with Gasteiger partial charge in [-0.05, 0) is 37.9 Å². The Morgan fingerprint density at radius 3 is 2.29 bits per heavy atom. The zero-order valence-electron chi connectivity index (χ0n) is 10.4. The molecule has 17 heavy (non-hydrogen) atoms. The van der Waals surface area contributed by atoms with Crippen LogP contribution in [0.1, 0.15) is 32.4 Å². The molecule has 1 fully saturated rings. The van der Waals surface area contributed by atoms with Gasteiger partial charge in [0.2, 0.25) is 0 Å². The van der Waals surface area contributed by atoms with Crippen LogP contribution in [0.5, 0.6) is 0 Å². The van der Waals surface area contributed by atoms with Crippen molar-refractivity contribution < 1.29 is 10.5 Å². The van der Waals surface area contributed by atoms with E-state index in [4.69, 9.17) is 11.6 Å². The maximum absolute atomic E-state index is 12.0. The lowest BCUT2D eigenvalue weighted by molar-refractivity contribution is -0.461. The third kappa shape index (κ3) is 1.83. The van der Waals surface area contributed by atoms with Crippen LogP contribution in [0.3, 0.4) is 0 Å². The van der Waals surface area contributed by atoms with Crippen molar-refractivity contribution in [3.05, 3.63) is 35.9 Å². The molecule has 3 nitrogen and oxygen atoms in total. The zero-order chi connectivity index (χ0) is 12.8. The van der Waals surface area contributed by atoms with Crippen molar-refractivity contribution in [2.24, 2.45) is 0 Å². The molecule has 0 radical (unpaired) electrons. The van der Waals surface area contributed by atoms with E-state index in [1.54, 1.807) is 0 Å². The molecule has 1 aliphatic heterocycles. The number of halogens is 1. The fourth-order valence-corrected chi connectivity index (χ4v) is 2.63. The molecule has 1 heterocycles. The maximum atomic E-state index is 12.0. The second kappa shape index (κ2) is 3.72. The quantitative estimate of drug-likeness (QED) is 0.461. The summed E-state index contributed by atoms with van der Waals surface area (Å²) < 4.78 is 0. The van der Waals surface area contributed by atoms with Crippen LogP contribution >= 0.6 is 11.6 Å². The number of alkyl halides is 1. The van der Waals surface area contributed by atoms with E-state index >= 15 is 0 Å². The lowest BCUT2D eigenvalue weighted by atomic mass is 9.83. The van der Waals surface area contributed by atoms with E-state index in [2.05, 4.69) is 5.73 Å². The van der Waals surface area contributed by atoms with Gasteiger partial charge in [-0.15, -0.1) is 0 Å². The number of carbonyl (C=O) groups excluding carboxylic acids is 1. The Kier molecular flexibility index (Phi) is 2.71. The highest BCUT2D eigenvalue weighted by molar-refractivity contribution is 6.36. The van der Waals surface area contributed by atoms with Crippen molar-refractivity contribution >= 4 is 17.5 Å². The summed E-state index contributed by atoms with van der Waals surface area (Å²) in [7, 11) is 0. The average molecular weight is 254 g/mol. The third-order valence-corrected chi connectivity index (χ3v) is 3.47. The molecular weight excluding hydrogens is 236 g/mol. The van der Waals surface area contributed by atoms with Crippen molar-refractivity contribution in [1.82, 2.24) is 4.90 Å². The number of β-lactam (4-membered cyclic amide) rings is 1. The number of carbonyl (C=O) groups is 1. The second-order valence-electron chi connectivity index (χ2n) is 5.52. The van der Waals surface area contributed by atoms with Gasteiger partial charge in [-0.25, -0.2) is 0 Å². The lowest BCUT2D eigenvalue weighted by Gasteiger charge is -2.54. The van der Waals surface area contributed by atoms with Gasteiger partial charge in [0.15, 0.2) is 0 Å². The molecule has 4 heteroatoms. The maximum Gasteiger partial charge on any atom is 0.304 e. The normalized spacial score (nSPS) is 29.1. The fraction of sp³-hybridized carbons (Fsp3) is 0.462. The van der Waals surface area contributed by atoms with Gasteiger partial charge >= 0.3 is 5.91 Å². The van der Waals surface area contributed by atoms with E-state index < -0.39 is 5.00 Å². The molecule has 0 saturated carbocycles. The largest absolute Gasteiger partial charge is 0.330 e. The van der Waals surface area contributed by atoms with Crippen molar-refractivity contribution in [1.29, 1.82) is 0 Å². The number of rotatable bonds is 1. The molecule has 1 aromatic carbocycles. The highest BCUT2D eigenvalue weighted by Crippen LogP contribution is 2.46. The summed E-state index contributed by atoms with van der Waals surface area (Å²) in [6.07, 6.45) is 0. The Hall–Kier alpha value is -1.06. The zero-order valence-corrected chi connectivity index (χ0v) is 11.2. The molecule has 0 unspecified atom stereocenters. The van der Waals surface area contributed by atoms with E-state index in [0.717, 1.165) is 5.56 Å². The van der Waals surface area contributed by atoms with E-state index in [9.17, 15) is 4.79 Å². The van der Waals surface area contributed by atoms with Crippen LogP contribution in [0.25, 0.3) is 0 Å². The molecule has 1 aromatic rings. The molecule has 2 rings (SSSR count). The van der Waals surface area contributed by atoms with Crippen molar-refractivity contribution in [3.8, 4) is 0 Å². The van der Waals surface area contributed by atoms with E-state index in [-0.39, 0.29) is 17.5 Å². The van der Waals surface area contributed by atoms with Gasteiger partial charge in [-0.3, -0.25) is 4.79 Å². The van der Waals surface area contributed by atoms with Crippen LogP contribution in [0, 0.1) is 0 Å². The second-order valence-corrected chi connectivity index (χ2v) is 6.20. The predicted molar refractivity (Wildman–Crippen MR) is 67.3 cm³/mol. The first-order valence-corrected chi connectivity index (χ1v) is 6.07. The van der Waals surface area contributed by atoms with Crippen LogP contribution in [-0.2, 0) is 4.79 Å². The van der Waals surface area contributed by atoms with Gasteiger partial charge in [0, 0.05) is 5.54 Å². The Balaban J connectivity index is 2.41. The predicted octanol–water partition coefficient (Wildman–Crippen LogP) is 1.55. The first-order valence-electron chi connectivity index (χ1n) is 5.69. The van der Waals surface area contributed by atoms with E-state index in [1.165, 1.54) is 0 Å². The van der Waals surface area contributed by atoms with Crippen LogP contribution in [0.4, 0.5) is 0 Å². The van der Waals surface area contributed by atoms with Crippen LogP contribution in [0.2, 0.25) is 0 Å². The van der Waals surface area contributed by atoms with E-state index in [1.807, 2.05) is 56.0 Å². The fourth-order valence-electron chi connectivity index (χ4n) is 2.31. The smallest absolute Gasteiger partial charge is 0.304 e. The highest BCUT2D eigenvalue weighted by atomic mass is 35.5. The van der Waals surface area contributed by atoms with E-state index in [0.29, 0.717) is 0 Å². The van der Waals surface area contributed by atoms with Crippen LogP contribution in [-0.4, -0.2) is 21.3 Å². The minimum absolute atomic E-state index is 0.0967. The number of benzene rings is 1. The molecule has 0 aliphatic carbocycles. The first kappa shape index (κ1) is 12.4. The summed E-state index contributed by atoms with van der Waals surface area (Å²) in [5, 5.41) is 0. The van der Waals surface area contributed by atoms with Gasteiger partial charge in [0.05, 0.1) is 0 Å². The van der Waals surface area contributed by atoms with Gasteiger partial charge in [-0.2, -0.15) is 0 Å². The van der Waals surface area contributed by atoms with Crippen molar-refractivity contribution in [2.45, 2.75) is 37.4 Å².